The molecule has 0 bridgehead atoms. The van der Waals surface area contributed by atoms with Crippen LogP contribution in [-0.2, 0) is 9.53 Å². The fourth-order valence-electron chi connectivity index (χ4n) is 9.62. The molecule has 1 saturated heterocycles. The van der Waals surface area contributed by atoms with Crippen molar-refractivity contribution in [3.8, 4) is 0 Å². The fraction of sp³-hybridized carbons (Fsp3) is 0.867. The molecule has 0 aromatic carbocycles. The lowest BCUT2D eigenvalue weighted by Gasteiger charge is -2.58. The van der Waals surface area contributed by atoms with Crippen molar-refractivity contribution >= 4 is 12.0 Å². The minimum atomic E-state index is -0.291. The number of likely N-dealkylation sites (tertiary alicyclic amines) is 1. The topological polar surface area (TPSA) is 78.9 Å². The van der Waals surface area contributed by atoms with Gasteiger partial charge in [0.2, 0.25) is 5.91 Å². The Morgan fingerprint density at radius 3 is 2.58 bits per heavy atom. The maximum Gasteiger partial charge on any atom is 0.409 e. The second-order valence-electron chi connectivity index (χ2n) is 13.3. The van der Waals surface area contributed by atoms with Crippen molar-refractivity contribution in [2.24, 2.45) is 46.3 Å². The Balaban J connectivity index is 1.18. The fourth-order valence-corrected chi connectivity index (χ4v) is 9.62. The average molecular weight is 501 g/mol. The van der Waals surface area contributed by atoms with Gasteiger partial charge in [0, 0.05) is 25.6 Å². The summed E-state index contributed by atoms with van der Waals surface area (Å²) in [5.74, 6) is 3.63. The molecule has 0 aromatic heterocycles. The van der Waals surface area contributed by atoms with E-state index >= 15 is 0 Å². The lowest BCUT2D eigenvalue weighted by molar-refractivity contribution is -0.126. The summed E-state index contributed by atoms with van der Waals surface area (Å²) in [6.07, 6.45) is 13.0. The number of methoxy groups -OCH3 is 1. The standard InChI is InChI=1S/C30H48N2O4/c1-19(18-31-27(34)20-11-15-32(16-12-20)28(35)36-4)24-7-8-25-23-6-5-21-17-22(33)9-13-29(21,2)26(23)10-14-30(24,25)3/h5,19-20,22-26,33H,6-18H2,1-4H3,(H,31,34)/t19?,22-,23-,24+,25-,26-,29-,30+/m0/s1. The van der Waals surface area contributed by atoms with Gasteiger partial charge >= 0.3 is 6.09 Å². The Morgan fingerprint density at radius 2 is 1.86 bits per heavy atom. The van der Waals surface area contributed by atoms with Crippen LogP contribution >= 0.6 is 0 Å². The van der Waals surface area contributed by atoms with E-state index in [1.54, 1.807) is 10.5 Å². The van der Waals surface area contributed by atoms with Crippen molar-refractivity contribution in [1.82, 2.24) is 10.2 Å². The number of aliphatic hydroxyl groups excluding tert-OH is 1. The minimum absolute atomic E-state index is 0.00145. The van der Waals surface area contributed by atoms with Crippen LogP contribution in [-0.4, -0.2) is 54.9 Å². The molecule has 1 aliphatic heterocycles. The molecule has 1 unspecified atom stereocenters. The van der Waals surface area contributed by atoms with Gasteiger partial charge in [-0.25, -0.2) is 4.79 Å². The number of ether oxygens (including phenoxy) is 1. The predicted molar refractivity (Wildman–Crippen MR) is 140 cm³/mol. The molecule has 5 rings (SSSR count). The van der Waals surface area contributed by atoms with Crippen LogP contribution in [0.3, 0.4) is 0 Å². The van der Waals surface area contributed by atoms with Crippen LogP contribution in [0.1, 0.15) is 85.0 Å². The number of rotatable bonds is 4. The lowest BCUT2D eigenvalue weighted by Crippen LogP contribution is -2.51. The lowest BCUT2D eigenvalue weighted by atomic mass is 9.47. The monoisotopic (exact) mass is 500 g/mol. The summed E-state index contributed by atoms with van der Waals surface area (Å²) in [5.41, 5.74) is 2.21. The molecular formula is C30H48N2O4. The van der Waals surface area contributed by atoms with E-state index in [4.69, 9.17) is 4.74 Å². The normalized spacial score (nSPS) is 41.4. The van der Waals surface area contributed by atoms with Crippen LogP contribution < -0.4 is 5.32 Å². The van der Waals surface area contributed by atoms with Crippen LogP contribution in [0.5, 0.6) is 0 Å². The van der Waals surface area contributed by atoms with Crippen molar-refractivity contribution in [2.45, 2.75) is 91.1 Å². The minimum Gasteiger partial charge on any atom is -0.453 e. The van der Waals surface area contributed by atoms with Crippen molar-refractivity contribution in [3.05, 3.63) is 11.6 Å². The predicted octanol–water partition coefficient (Wildman–Crippen LogP) is 5.16. The molecule has 4 aliphatic carbocycles. The summed E-state index contributed by atoms with van der Waals surface area (Å²) in [6.45, 7) is 9.38. The number of aliphatic hydroxyl groups is 1. The number of hydrogen-bond donors (Lipinski definition) is 2. The first-order valence-electron chi connectivity index (χ1n) is 14.7. The van der Waals surface area contributed by atoms with E-state index in [0.717, 1.165) is 43.6 Å². The number of nitrogens with zero attached hydrogens (tertiary/aromatic N) is 1. The van der Waals surface area contributed by atoms with Gasteiger partial charge in [0.05, 0.1) is 13.2 Å². The highest BCUT2D eigenvalue weighted by Crippen LogP contribution is 2.67. The summed E-state index contributed by atoms with van der Waals surface area (Å²) < 4.78 is 4.82. The Morgan fingerprint density at radius 1 is 1.11 bits per heavy atom. The summed E-state index contributed by atoms with van der Waals surface area (Å²) in [7, 11) is 1.41. The molecule has 0 radical (unpaired) electrons. The van der Waals surface area contributed by atoms with Gasteiger partial charge in [-0.3, -0.25) is 4.79 Å². The van der Waals surface area contributed by atoms with E-state index in [1.807, 2.05) is 0 Å². The van der Waals surface area contributed by atoms with Crippen molar-refractivity contribution in [1.29, 1.82) is 0 Å². The molecule has 0 spiro atoms. The van der Waals surface area contributed by atoms with Crippen LogP contribution in [0.2, 0.25) is 0 Å². The Labute approximate surface area is 217 Å². The van der Waals surface area contributed by atoms with Crippen LogP contribution in [0, 0.1) is 46.3 Å². The van der Waals surface area contributed by atoms with Gasteiger partial charge in [-0.05, 0) is 105 Å². The number of fused-ring (bicyclic) bond motifs is 5. The molecule has 202 valence electrons. The third kappa shape index (κ3) is 4.39. The highest BCUT2D eigenvalue weighted by atomic mass is 16.5. The van der Waals surface area contributed by atoms with Crippen LogP contribution in [0.25, 0.3) is 0 Å². The molecule has 5 aliphatic rings. The Bertz CT molecular complexity index is 880. The van der Waals surface area contributed by atoms with Gasteiger partial charge < -0.3 is 20.1 Å². The second-order valence-corrected chi connectivity index (χ2v) is 13.3. The first-order valence-corrected chi connectivity index (χ1v) is 14.7. The van der Waals surface area contributed by atoms with Gasteiger partial charge in [-0.2, -0.15) is 0 Å². The van der Waals surface area contributed by atoms with Crippen molar-refractivity contribution < 1.29 is 19.4 Å². The zero-order chi connectivity index (χ0) is 25.7. The first-order chi connectivity index (χ1) is 17.2. The molecular weight excluding hydrogens is 452 g/mol. The zero-order valence-corrected chi connectivity index (χ0v) is 22.9. The van der Waals surface area contributed by atoms with Gasteiger partial charge in [-0.1, -0.05) is 32.4 Å². The van der Waals surface area contributed by atoms with E-state index < -0.39 is 0 Å². The van der Waals surface area contributed by atoms with E-state index in [0.29, 0.717) is 48.6 Å². The first kappa shape index (κ1) is 26.1. The van der Waals surface area contributed by atoms with E-state index in [9.17, 15) is 14.7 Å². The third-order valence-electron chi connectivity index (χ3n) is 11.7. The highest BCUT2D eigenvalue weighted by molar-refractivity contribution is 5.79. The largest absolute Gasteiger partial charge is 0.453 e. The quantitative estimate of drug-likeness (QED) is 0.523. The second kappa shape index (κ2) is 9.96. The molecule has 3 saturated carbocycles. The number of allylic oxidation sites excluding steroid dienone is 1. The number of piperidine rings is 1. The van der Waals surface area contributed by atoms with Crippen molar-refractivity contribution in [2.75, 3.05) is 26.7 Å². The van der Waals surface area contributed by atoms with E-state index in [-0.39, 0.29) is 24.0 Å². The molecule has 2 N–H and O–H groups in total. The van der Waals surface area contributed by atoms with E-state index in [1.165, 1.54) is 39.2 Å². The Hall–Kier alpha value is -1.56. The summed E-state index contributed by atoms with van der Waals surface area (Å²) >= 11 is 0. The van der Waals surface area contributed by atoms with Crippen LogP contribution in [0.15, 0.2) is 11.6 Å². The Kier molecular flexibility index (Phi) is 7.21. The smallest absolute Gasteiger partial charge is 0.409 e. The molecule has 6 heteroatoms. The molecule has 1 heterocycles. The SMILES string of the molecule is COC(=O)N1CCC(C(=O)NCC(C)[C@H]2CC[C@H]3[C@@H]4CC=C5C[C@@H](O)CC[C@]5(C)[C@H]4CC[C@]23C)CC1. The maximum absolute atomic E-state index is 12.9. The highest BCUT2D eigenvalue weighted by Gasteiger charge is 2.59. The number of hydrogen-bond acceptors (Lipinski definition) is 4. The zero-order valence-electron chi connectivity index (χ0n) is 22.9. The summed E-state index contributed by atoms with van der Waals surface area (Å²) in [6, 6.07) is 0. The van der Waals surface area contributed by atoms with Gasteiger partial charge in [0.1, 0.15) is 0 Å². The molecule has 2 amide bonds. The molecule has 0 aromatic rings. The number of carbonyl (C=O) groups excluding carboxylic acids is 2. The van der Waals surface area contributed by atoms with Gasteiger partial charge in [-0.15, -0.1) is 0 Å². The van der Waals surface area contributed by atoms with Gasteiger partial charge in [0.25, 0.3) is 0 Å². The molecule has 4 fully saturated rings. The molecule has 36 heavy (non-hydrogen) atoms. The van der Waals surface area contributed by atoms with Gasteiger partial charge in [0.15, 0.2) is 0 Å². The van der Waals surface area contributed by atoms with E-state index in [2.05, 4.69) is 32.2 Å². The molecule has 6 nitrogen and oxygen atoms in total. The summed E-state index contributed by atoms with van der Waals surface area (Å²) in [5, 5.41) is 13.6. The van der Waals surface area contributed by atoms with Crippen LogP contribution in [0.4, 0.5) is 4.79 Å². The summed E-state index contributed by atoms with van der Waals surface area (Å²) in [4.78, 5) is 26.4. The number of amides is 2. The third-order valence-corrected chi connectivity index (χ3v) is 11.7. The number of carbonyl (C=O) groups is 2. The average Bonchev–Trinajstić information content (AvgIpc) is 3.24. The number of nitrogens with one attached hydrogen (secondary N) is 1. The molecule has 8 atom stereocenters. The maximum atomic E-state index is 12.9. The van der Waals surface area contributed by atoms with Crippen molar-refractivity contribution in [3.63, 3.8) is 0 Å².